The zero-order valence-electron chi connectivity index (χ0n) is 11.2. The fraction of sp³-hybridized carbons (Fsp3) is 0.500. The lowest BCUT2D eigenvalue weighted by molar-refractivity contribution is 0.280. The molecular weight excluding hydrogens is 385 g/mol. The second-order valence-electron chi connectivity index (χ2n) is 4.93. The largest absolute Gasteiger partial charge is 0.330 e. The van der Waals surface area contributed by atoms with Gasteiger partial charge in [0.1, 0.15) is 5.82 Å². The van der Waals surface area contributed by atoms with Crippen molar-refractivity contribution in [3.05, 3.63) is 27.4 Å². The molecule has 2 rings (SSSR count). The molecule has 118 valence electrons. The number of benzene rings is 1. The van der Waals surface area contributed by atoms with E-state index < -0.39 is 16.0 Å². The van der Waals surface area contributed by atoms with Crippen LogP contribution in [0.2, 0.25) is 5.02 Å². The van der Waals surface area contributed by atoms with Crippen LogP contribution in [-0.2, 0) is 10.2 Å². The maximum Gasteiger partial charge on any atom is 0.301 e. The summed E-state index contributed by atoms with van der Waals surface area (Å²) in [5.41, 5.74) is 5.73. The number of nitrogens with one attached hydrogen (secondary N) is 1. The van der Waals surface area contributed by atoms with Crippen LogP contribution in [0.5, 0.6) is 0 Å². The van der Waals surface area contributed by atoms with Crippen molar-refractivity contribution in [1.82, 2.24) is 4.31 Å². The van der Waals surface area contributed by atoms with Crippen molar-refractivity contribution in [2.45, 2.75) is 12.8 Å². The lowest BCUT2D eigenvalue weighted by Gasteiger charge is -2.30. The van der Waals surface area contributed by atoms with Gasteiger partial charge in [0.15, 0.2) is 0 Å². The SMILES string of the molecule is NCC1CCN(S(=O)(=O)Nc2c(Cl)cc(F)cc2Br)CC1. The fourth-order valence-electron chi connectivity index (χ4n) is 2.22. The highest BCUT2D eigenvalue weighted by Gasteiger charge is 2.28. The molecule has 0 bridgehead atoms. The van der Waals surface area contributed by atoms with Gasteiger partial charge in [0.25, 0.3) is 0 Å². The summed E-state index contributed by atoms with van der Waals surface area (Å²) in [6.07, 6.45) is 1.46. The van der Waals surface area contributed by atoms with E-state index in [1.54, 1.807) is 0 Å². The number of halogens is 3. The van der Waals surface area contributed by atoms with Crippen LogP contribution in [0.4, 0.5) is 10.1 Å². The van der Waals surface area contributed by atoms with Gasteiger partial charge in [-0.15, -0.1) is 0 Å². The van der Waals surface area contributed by atoms with Crippen molar-refractivity contribution in [1.29, 1.82) is 0 Å². The molecule has 1 aromatic carbocycles. The molecule has 1 aliphatic rings. The third-order valence-electron chi connectivity index (χ3n) is 3.48. The second kappa shape index (κ2) is 6.78. The molecule has 0 amide bonds. The Hall–Kier alpha value is -0.410. The first-order chi connectivity index (χ1) is 9.83. The molecule has 0 atom stereocenters. The van der Waals surface area contributed by atoms with Crippen LogP contribution in [0.15, 0.2) is 16.6 Å². The minimum Gasteiger partial charge on any atom is -0.330 e. The van der Waals surface area contributed by atoms with E-state index in [0.29, 0.717) is 25.6 Å². The van der Waals surface area contributed by atoms with Crippen LogP contribution in [-0.4, -0.2) is 32.4 Å². The Morgan fingerprint density at radius 1 is 1.43 bits per heavy atom. The maximum atomic E-state index is 13.2. The van der Waals surface area contributed by atoms with Crippen LogP contribution in [0, 0.1) is 11.7 Å². The predicted molar refractivity (Wildman–Crippen MR) is 85.0 cm³/mol. The first-order valence-corrected chi connectivity index (χ1v) is 9.07. The third-order valence-corrected chi connectivity index (χ3v) is 5.92. The van der Waals surface area contributed by atoms with Crippen molar-refractivity contribution in [2.75, 3.05) is 24.4 Å². The first-order valence-electron chi connectivity index (χ1n) is 6.46. The van der Waals surface area contributed by atoms with Crippen molar-refractivity contribution in [3.63, 3.8) is 0 Å². The van der Waals surface area contributed by atoms with Gasteiger partial charge in [0.2, 0.25) is 0 Å². The molecule has 0 aliphatic carbocycles. The molecule has 0 radical (unpaired) electrons. The van der Waals surface area contributed by atoms with Crippen molar-refractivity contribution < 1.29 is 12.8 Å². The summed E-state index contributed by atoms with van der Waals surface area (Å²) in [6, 6.07) is 2.22. The summed E-state index contributed by atoms with van der Waals surface area (Å²) in [6.45, 7) is 1.39. The van der Waals surface area contributed by atoms with Crippen LogP contribution in [0.1, 0.15) is 12.8 Å². The third kappa shape index (κ3) is 4.07. The van der Waals surface area contributed by atoms with Gasteiger partial charge in [-0.2, -0.15) is 12.7 Å². The quantitative estimate of drug-likeness (QED) is 0.815. The Morgan fingerprint density at radius 2 is 2.05 bits per heavy atom. The van der Waals surface area contributed by atoms with Crippen molar-refractivity contribution >= 4 is 43.4 Å². The van der Waals surface area contributed by atoms with Gasteiger partial charge in [0.05, 0.1) is 10.7 Å². The first kappa shape index (κ1) is 17.0. The molecule has 0 aromatic heterocycles. The Labute approximate surface area is 136 Å². The molecular formula is C12H16BrClFN3O2S. The van der Waals surface area contributed by atoms with E-state index in [0.717, 1.165) is 25.0 Å². The highest BCUT2D eigenvalue weighted by atomic mass is 79.9. The standard InChI is InChI=1S/C12H16BrClFN3O2S/c13-10-5-9(15)6-11(14)12(10)17-21(19,20)18-3-1-8(7-16)2-4-18/h5-6,8,17H,1-4,7,16H2. The van der Waals surface area contributed by atoms with Crippen LogP contribution in [0.25, 0.3) is 0 Å². The van der Waals surface area contributed by atoms with E-state index in [2.05, 4.69) is 20.7 Å². The summed E-state index contributed by atoms with van der Waals surface area (Å²) in [5.74, 6) is -0.184. The normalized spacial score (nSPS) is 17.9. The Balaban J connectivity index is 2.15. The molecule has 3 N–H and O–H groups in total. The maximum absolute atomic E-state index is 13.2. The Kier molecular flexibility index (Phi) is 5.48. The van der Waals surface area contributed by atoms with Gasteiger partial charge >= 0.3 is 10.2 Å². The molecule has 1 heterocycles. The summed E-state index contributed by atoms with van der Waals surface area (Å²) in [5, 5.41) is 0.00212. The average Bonchev–Trinajstić information content (AvgIpc) is 2.43. The van der Waals surface area contributed by atoms with Gasteiger partial charge < -0.3 is 5.73 Å². The molecule has 1 aliphatic heterocycles. The Morgan fingerprint density at radius 3 is 2.57 bits per heavy atom. The molecule has 0 spiro atoms. The smallest absolute Gasteiger partial charge is 0.301 e. The van der Waals surface area contributed by atoms with Gasteiger partial charge in [-0.1, -0.05) is 11.6 Å². The minimum atomic E-state index is -3.72. The molecule has 1 saturated heterocycles. The predicted octanol–water partition coefficient (Wildman–Crippen LogP) is 2.57. The highest BCUT2D eigenvalue weighted by molar-refractivity contribution is 9.10. The number of piperidine rings is 1. The molecule has 21 heavy (non-hydrogen) atoms. The minimum absolute atomic E-state index is 0.00212. The molecule has 0 saturated carbocycles. The summed E-state index contributed by atoms with van der Waals surface area (Å²) in [7, 11) is -3.72. The summed E-state index contributed by atoms with van der Waals surface area (Å²) < 4.78 is 41.9. The molecule has 5 nitrogen and oxygen atoms in total. The summed E-state index contributed by atoms with van der Waals surface area (Å²) >= 11 is 9.00. The molecule has 1 fully saturated rings. The number of nitrogens with two attached hydrogens (primary N) is 1. The van der Waals surface area contributed by atoms with Crippen LogP contribution >= 0.6 is 27.5 Å². The second-order valence-corrected chi connectivity index (χ2v) is 7.86. The lowest BCUT2D eigenvalue weighted by atomic mass is 9.99. The average molecular weight is 401 g/mol. The van der Waals surface area contributed by atoms with Crippen LogP contribution < -0.4 is 10.5 Å². The topological polar surface area (TPSA) is 75.4 Å². The number of hydrogen-bond acceptors (Lipinski definition) is 3. The highest BCUT2D eigenvalue weighted by Crippen LogP contribution is 2.33. The monoisotopic (exact) mass is 399 g/mol. The Bertz CT molecular complexity index is 598. The van der Waals surface area contributed by atoms with E-state index in [-0.39, 0.29) is 15.2 Å². The van der Waals surface area contributed by atoms with E-state index in [1.807, 2.05) is 0 Å². The van der Waals surface area contributed by atoms with E-state index in [4.69, 9.17) is 17.3 Å². The zero-order valence-corrected chi connectivity index (χ0v) is 14.3. The van der Waals surface area contributed by atoms with Gasteiger partial charge in [-0.25, -0.2) is 4.39 Å². The van der Waals surface area contributed by atoms with E-state index in [9.17, 15) is 12.8 Å². The number of hydrogen-bond donors (Lipinski definition) is 2. The van der Waals surface area contributed by atoms with E-state index >= 15 is 0 Å². The van der Waals surface area contributed by atoms with Gasteiger partial charge in [-0.3, -0.25) is 4.72 Å². The van der Waals surface area contributed by atoms with Crippen LogP contribution in [0.3, 0.4) is 0 Å². The zero-order chi connectivity index (χ0) is 15.6. The molecule has 9 heteroatoms. The van der Waals surface area contributed by atoms with Gasteiger partial charge in [-0.05, 0) is 53.4 Å². The van der Waals surface area contributed by atoms with Gasteiger partial charge in [0, 0.05) is 17.6 Å². The number of rotatable bonds is 4. The molecule has 0 unspecified atom stereocenters. The van der Waals surface area contributed by atoms with E-state index in [1.165, 1.54) is 4.31 Å². The van der Waals surface area contributed by atoms with Crippen molar-refractivity contribution in [3.8, 4) is 0 Å². The number of anilines is 1. The summed E-state index contributed by atoms with van der Waals surface area (Å²) in [4.78, 5) is 0. The van der Waals surface area contributed by atoms with Crippen molar-refractivity contribution in [2.24, 2.45) is 11.7 Å². The molecule has 1 aromatic rings. The lowest BCUT2D eigenvalue weighted by Crippen LogP contribution is -2.42. The number of nitrogens with zero attached hydrogens (tertiary/aromatic N) is 1. The fourth-order valence-corrected chi connectivity index (χ4v) is 4.60.